The molecule has 8 aromatic rings. The molecule has 8 rings (SSSR count). The second-order valence-corrected chi connectivity index (χ2v) is 14.6. The first-order chi connectivity index (χ1) is 28.6. The molecule has 0 N–H and O–H groups in total. The quantitative estimate of drug-likeness (QED) is 0.0964. The van der Waals surface area contributed by atoms with E-state index in [2.05, 4.69) is 229 Å². The maximum atomic E-state index is 3.94. The molecule has 0 saturated heterocycles. The maximum absolute atomic E-state index is 3.94. The minimum Gasteiger partial charge on any atom is -0.311 e. The van der Waals surface area contributed by atoms with Gasteiger partial charge in [-0.2, -0.15) is 0 Å². The SMILES string of the molecule is C=Cc1ccc(N(c2ccc(CCCCc3ccc(N(c4ccc(C=C)cc4)c4ccc(-c5ccccc5)cc4)cc3)cc2)c2ccc(-c3ccccc3)cc2)cc1. The van der Waals surface area contributed by atoms with Crippen molar-refractivity contribution in [1.82, 2.24) is 0 Å². The van der Waals surface area contributed by atoms with Gasteiger partial charge in [-0.3, -0.25) is 0 Å². The highest BCUT2D eigenvalue weighted by Crippen LogP contribution is 2.38. The summed E-state index contributed by atoms with van der Waals surface area (Å²) in [6, 6.07) is 74.1. The molecular weight excluding hydrogens is 701 g/mol. The van der Waals surface area contributed by atoms with Crippen LogP contribution in [0.25, 0.3) is 34.4 Å². The van der Waals surface area contributed by atoms with Crippen molar-refractivity contribution in [2.45, 2.75) is 25.7 Å². The lowest BCUT2D eigenvalue weighted by molar-refractivity contribution is 0.734. The summed E-state index contributed by atoms with van der Waals surface area (Å²) in [5, 5.41) is 0. The summed E-state index contributed by atoms with van der Waals surface area (Å²) in [6.45, 7) is 7.89. The molecule has 2 heteroatoms. The predicted octanol–water partition coefficient (Wildman–Crippen LogP) is 15.8. The number of aryl methyl sites for hydroxylation is 2. The van der Waals surface area contributed by atoms with Gasteiger partial charge in [-0.15, -0.1) is 0 Å². The van der Waals surface area contributed by atoms with Gasteiger partial charge in [-0.05, 0) is 143 Å². The molecule has 0 aliphatic heterocycles. The third-order valence-electron chi connectivity index (χ3n) is 10.8. The summed E-state index contributed by atoms with van der Waals surface area (Å²) in [7, 11) is 0. The van der Waals surface area contributed by atoms with Crippen molar-refractivity contribution < 1.29 is 0 Å². The highest BCUT2D eigenvalue weighted by atomic mass is 15.1. The lowest BCUT2D eigenvalue weighted by Gasteiger charge is -2.26. The highest BCUT2D eigenvalue weighted by Gasteiger charge is 2.15. The summed E-state index contributed by atoms with van der Waals surface area (Å²) in [4.78, 5) is 4.65. The van der Waals surface area contributed by atoms with Crippen LogP contribution in [0.4, 0.5) is 34.1 Å². The molecule has 0 unspecified atom stereocenters. The molecule has 0 saturated carbocycles. The van der Waals surface area contributed by atoms with Crippen LogP contribution in [0, 0.1) is 0 Å². The second-order valence-electron chi connectivity index (χ2n) is 14.6. The summed E-state index contributed by atoms with van der Waals surface area (Å²) in [6.07, 6.45) is 8.13. The van der Waals surface area contributed by atoms with Crippen LogP contribution in [0.3, 0.4) is 0 Å². The van der Waals surface area contributed by atoms with Gasteiger partial charge in [0.25, 0.3) is 0 Å². The first-order valence-electron chi connectivity index (χ1n) is 20.2. The molecule has 0 bridgehead atoms. The van der Waals surface area contributed by atoms with Gasteiger partial charge in [0.1, 0.15) is 0 Å². The monoisotopic (exact) mass is 748 g/mol. The number of nitrogens with zero attached hydrogens (tertiary/aromatic N) is 2. The third-order valence-corrected chi connectivity index (χ3v) is 10.8. The van der Waals surface area contributed by atoms with Crippen molar-refractivity contribution in [3.63, 3.8) is 0 Å². The fourth-order valence-electron chi connectivity index (χ4n) is 7.56. The Morgan fingerprint density at radius 1 is 0.293 bits per heavy atom. The van der Waals surface area contributed by atoms with E-state index in [1.54, 1.807) is 0 Å². The number of anilines is 6. The average Bonchev–Trinajstić information content (AvgIpc) is 3.30. The van der Waals surface area contributed by atoms with E-state index in [0.29, 0.717) is 0 Å². The Balaban J connectivity index is 0.926. The number of benzene rings is 8. The molecule has 0 spiro atoms. The van der Waals surface area contributed by atoms with Crippen LogP contribution in [0.5, 0.6) is 0 Å². The van der Waals surface area contributed by atoms with Crippen LogP contribution < -0.4 is 9.80 Å². The molecule has 0 aromatic heterocycles. The third kappa shape index (κ3) is 8.94. The van der Waals surface area contributed by atoms with E-state index >= 15 is 0 Å². The van der Waals surface area contributed by atoms with Gasteiger partial charge in [0.15, 0.2) is 0 Å². The van der Waals surface area contributed by atoms with Crippen molar-refractivity contribution in [1.29, 1.82) is 0 Å². The van der Waals surface area contributed by atoms with Crippen LogP contribution in [0.2, 0.25) is 0 Å². The van der Waals surface area contributed by atoms with E-state index in [0.717, 1.165) is 70.9 Å². The van der Waals surface area contributed by atoms with Crippen molar-refractivity contribution in [2.75, 3.05) is 9.80 Å². The Bertz CT molecular complexity index is 2340. The smallest absolute Gasteiger partial charge is 0.0462 e. The van der Waals surface area contributed by atoms with Gasteiger partial charge >= 0.3 is 0 Å². The standard InChI is InChI=1S/C56H48N2/c1-3-43-19-31-51(32-20-43)57(55-39-27-49(28-40-55)47-15-7-5-8-16-47)53-35-23-45(24-36-53)13-11-12-14-46-25-37-54(38-26-46)58(52-33-21-44(4-2)22-34-52)56-41-29-50(30-42-56)48-17-9-6-10-18-48/h3-10,15-42H,1-2,11-14H2. The summed E-state index contributed by atoms with van der Waals surface area (Å²) in [5.74, 6) is 0. The molecule has 0 heterocycles. The Kier molecular flexibility index (Phi) is 11.8. The molecule has 0 amide bonds. The Morgan fingerprint density at radius 3 is 0.845 bits per heavy atom. The van der Waals surface area contributed by atoms with E-state index in [9.17, 15) is 0 Å². The van der Waals surface area contributed by atoms with Crippen LogP contribution in [-0.4, -0.2) is 0 Å². The Morgan fingerprint density at radius 2 is 0.552 bits per heavy atom. The van der Waals surface area contributed by atoms with E-state index in [4.69, 9.17) is 0 Å². The van der Waals surface area contributed by atoms with Gasteiger partial charge in [-0.25, -0.2) is 0 Å². The number of rotatable bonds is 15. The molecule has 8 aromatic carbocycles. The average molecular weight is 749 g/mol. The number of unbranched alkanes of at least 4 members (excludes halogenated alkanes) is 1. The summed E-state index contributed by atoms with van der Waals surface area (Å²) < 4.78 is 0. The van der Waals surface area contributed by atoms with Crippen LogP contribution in [-0.2, 0) is 12.8 Å². The highest BCUT2D eigenvalue weighted by molar-refractivity contribution is 5.80. The molecule has 58 heavy (non-hydrogen) atoms. The zero-order chi connectivity index (χ0) is 39.5. The minimum absolute atomic E-state index is 1.05. The molecular formula is C56H48N2. The zero-order valence-electron chi connectivity index (χ0n) is 32.9. The summed E-state index contributed by atoms with van der Waals surface area (Å²) in [5.41, 5.74) is 16.5. The van der Waals surface area contributed by atoms with Crippen molar-refractivity contribution in [3.05, 3.63) is 242 Å². The molecule has 0 fully saturated rings. The molecule has 282 valence electrons. The summed E-state index contributed by atoms with van der Waals surface area (Å²) >= 11 is 0. The normalized spacial score (nSPS) is 10.8. The van der Waals surface area contributed by atoms with Crippen molar-refractivity contribution in [3.8, 4) is 22.3 Å². The zero-order valence-corrected chi connectivity index (χ0v) is 32.9. The van der Waals surface area contributed by atoms with Gasteiger partial charge in [-0.1, -0.05) is 159 Å². The molecule has 2 nitrogen and oxygen atoms in total. The van der Waals surface area contributed by atoms with Gasteiger partial charge in [0, 0.05) is 34.1 Å². The fraction of sp³-hybridized carbons (Fsp3) is 0.0714. The van der Waals surface area contributed by atoms with Gasteiger partial charge < -0.3 is 9.80 Å². The first kappa shape index (κ1) is 37.7. The van der Waals surface area contributed by atoms with E-state index in [1.165, 1.54) is 33.4 Å². The van der Waals surface area contributed by atoms with Crippen LogP contribution >= 0.6 is 0 Å². The predicted molar refractivity (Wildman–Crippen MR) is 250 cm³/mol. The van der Waals surface area contributed by atoms with E-state index in [-0.39, 0.29) is 0 Å². The van der Waals surface area contributed by atoms with Crippen LogP contribution in [0.1, 0.15) is 35.1 Å². The van der Waals surface area contributed by atoms with Gasteiger partial charge in [0.05, 0.1) is 0 Å². The van der Waals surface area contributed by atoms with Crippen molar-refractivity contribution >= 4 is 46.3 Å². The Hall–Kier alpha value is -7.16. The largest absolute Gasteiger partial charge is 0.311 e. The number of hydrogen-bond acceptors (Lipinski definition) is 2. The topological polar surface area (TPSA) is 6.48 Å². The molecule has 0 atom stereocenters. The van der Waals surface area contributed by atoms with Gasteiger partial charge in [0.2, 0.25) is 0 Å². The number of hydrogen-bond donors (Lipinski definition) is 0. The molecule has 0 radical (unpaired) electrons. The lowest BCUT2D eigenvalue weighted by Crippen LogP contribution is -2.10. The fourth-order valence-corrected chi connectivity index (χ4v) is 7.56. The maximum Gasteiger partial charge on any atom is 0.0462 e. The lowest BCUT2D eigenvalue weighted by atomic mass is 10.0. The second kappa shape index (κ2) is 18.2. The molecule has 0 aliphatic rings. The molecule has 0 aliphatic carbocycles. The first-order valence-corrected chi connectivity index (χ1v) is 20.2. The van der Waals surface area contributed by atoms with E-state index < -0.39 is 0 Å². The van der Waals surface area contributed by atoms with Crippen molar-refractivity contribution in [2.24, 2.45) is 0 Å². The van der Waals surface area contributed by atoms with Crippen LogP contribution in [0.15, 0.2) is 219 Å². The van der Waals surface area contributed by atoms with E-state index in [1.807, 2.05) is 12.2 Å². The Labute approximate surface area is 344 Å². The minimum atomic E-state index is 1.05.